The second kappa shape index (κ2) is 10.1. The molecule has 0 spiro atoms. The molecule has 0 saturated carbocycles. The number of pyridine rings is 2. The molecule has 0 atom stereocenters. The maximum atomic E-state index is 12.4. The van der Waals surface area contributed by atoms with Crippen molar-refractivity contribution >= 4 is 21.7 Å². The molecule has 0 saturated heterocycles. The molecule has 0 unspecified atom stereocenters. The second-order valence-electron chi connectivity index (χ2n) is 6.94. The lowest BCUT2D eigenvalue weighted by molar-refractivity contribution is -0.116. The Kier molecular flexibility index (Phi) is 7.32. The molecule has 3 aromatic rings. The van der Waals surface area contributed by atoms with Gasteiger partial charge >= 0.3 is 0 Å². The van der Waals surface area contributed by atoms with E-state index in [0.29, 0.717) is 12.4 Å². The minimum atomic E-state index is -3.69. The molecule has 2 aromatic heterocycles. The number of benzene rings is 1. The van der Waals surface area contributed by atoms with E-state index in [0.717, 1.165) is 16.7 Å². The van der Waals surface area contributed by atoms with Crippen LogP contribution in [0, 0.1) is 13.8 Å². The fraction of sp³-hybridized carbons (Fsp3) is 0.227. The highest BCUT2D eigenvalue weighted by Crippen LogP contribution is 2.22. The van der Waals surface area contributed by atoms with Crippen LogP contribution in [0.3, 0.4) is 0 Å². The number of hydrogen-bond acceptors (Lipinski definition) is 6. The average molecular weight is 441 g/mol. The van der Waals surface area contributed by atoms with Crippen molar-refractivity contribution < 1.29 is 17.9 Å². The molecule has 2 heterocycles. The third kappa shape index (κ3) is 6.34. The van der Waals surface area contributed by atoms with Gasteiger partial charge in [0, 0.05) is 31.6 Å². The van der Waals surface area contributed by atoms with Gasteiger partial charge < -0.3 is 10.1 Å². The molecule has 9 heteroatoms. The van der Waals surface area contributed by atoms with E-state index in [-0.39, 0.29) is 29.6 Å². The largest absolute Gasteiger partial charge is 0.485 e. The van der Waals surface area contributed by atoms with Gasteiger partial charge in [0.25, 0.3) is 0 Å². The van der Waals surface area contributed by atoms with Crippen molar-refractivity contribution in [2.75, 3.05) is 11.9 Å². The monoisotopic (exact) mass is 440 g/mol. The smallest absolute Gasteiger partial charge is 0.240 e. The van der Waals surface area contributed by atoms with Gasteiger partial charge in [-0.05, 0) is 66.9 Å². The van der Waals surface area contributed by atoms with Crippen molar-refractivity contribution in [1.82, 2.24) is 14.7 Å². The average Bonchev–Trinajstić information content (AvgIpc) is 2.75. The highest BCUT2D eigenvalue weighted by atomic mass is 32.2. The number of nitrogens with zero attached hydrogens (tertiary/aromatic N) is 2. The summed E-state index contributed by atoms with van der Waals surface area (Å²) in [6.45, 7) is 4.02. The Labute approximate surface area is 181 Å². The van der Waals surface area contributed by atoms with Crippen LogP contribution in [0.4, 0.5) is 5.82 Å². The minimum absolute atomic E-state index is 0.0405. The van der Waals surface area contributed by atoms with Gasteiger partial charge in [0.15, 0.2) is 11.6 Å². The lowest BCUT2D eigenvalue weighted by Gasteiger charge is -2.12. The molecular weight excluding hydrogens is 416 g/mol. The van der Waals surface area contributed by atoms with Crippen LogP contribution in [0.25, 0.3) is 0 Å². The van der Waals surface area contributed by atoms with Gasteiger partial charge in [0.2, 0.25) is 15.9 Å². The van der Waals surface area contributed by atoms with E-state index >= 15 is 0 Å². The van der Waals surface area contributed by atoms with Crippen molar-refractivity contribution in [3.8, 4) is 5.75 Å². The van der Waals surface area contributed by atoms with Crippen LogP contribution in [0.15, 0.2) is 66.0 Å². The number of aryl methyl sites for hydroxylation is 2. The van der Waals surface area contributed by atoms with Gasteiger partial charge in [-0.1, -0.05) is 6.07 Å². The first-order valence-electron chi connectivity index (χ1n) is 9.68. The first-order valence-corrected chi connectivity index (χ1v) is 11.2. The molecule has 162 valence electrons. The number of ether oxygens (including phenoxy) is 1. The van der Waals surface area contributed by atoms with Gasteiger partial charge in [-0.25, -0.2) is 18.1 Å². The zero-order valence-electron chi connectivity index (χ0n) is 17.3. The molecule has 1 aromatic carbocycles. The lowest BCUT2D eigenvalue weighted by atomic mass is 10.1. The van der Waals surface area contributed by atoms with Crippen molar-refractivity contribution in [3.05, 3.63) is 77.7 Å². The van der Waals surface area contributed by atoms with Crippen LogP contribution in [0.5, 0.6) is 5.75 Å². The zero-order chi connectivity index (χ0) is 22.3. The number of carbonyl (C=O) groups is 1. The molecule has 0 aliphatic carbocycles. The van der Waals surface area contributed by atoms with Gasteiger partial charge in [-0.15, -0.1) is 0 Å². The topological polar surface area (TPSA) is 110 Å². The van der Waals surface area contributed by atoms with Crippen LogP contribution in [-0.4, -0.2) is 30.8 Å². The van der Waals surface area contributed by atoms with Crippen molar-refractivity contribution in [2.45, 2.75) is 31.8 Å². The molecule has 0 fully saturated rings. The Balaban J connectivity index is 1.54. The highest BCUT2D eigenvalue weighted by Gasteiger charge is 2.16. The molecule has 2 N–H and O–H groups in total. The van der Waals surface area contributed by atoms with E-state index in [9.17, 15) is 13.2 Å². The minimum Gasteiger partial charge on any atom is -0.485 e. The van der Waals surface area contributed by atoms with E-state index in [4.69, 9.17) is 4.74 Å². The van der Waals surface area contributed by atoms with E-state index in [1.54, 1.807) is 42.7 Å². The highest BCUT2D eigenvalue weighted by molar-refractivity contribution is 7.89. The first-order chi connectivity index (χ1) is 14.8. The molecule has 0 bridgehead atoms. The molecule has 0 radical (unpaired) electrons. The van der Waals surface area contributed by atoms with Crippen LogP contribution in [0.1, 0.15) is 23.1 Å². The van der Waals surface area contributed by atoms with Crippen LogP contribution >= 0.6 is 0 Å². The second-order valence-corrected chi connectivity index (χ2v) is 8.70. The van der Waals surface area contributed by atoms with E-state index in [1.807, 2.05) is 26.0 Å². The Morgan fingerprint density at radius 1 is 1.03 bits per heavy atom. The predicted molar refractivity (Wildman–Crippen MR) is 117 cm³/mol. The van der Waals surface area contributed by atoms with Crippen LogP contribution < -0.4 is 14.8 Å². The van der Waals surface area contributed by atoms with Crippen molar-refractivity contribution in [2.24, 2.45) is 0 Å². The van der Waals surface area contributed by atoms with Gasteiger partial charge in [-0.2, -0.15) is 0 Å². The Bertz CT molecular complexity index is 1150. The molecule has 8 nitrogen and oxygen atoms in total. The number of aromatic nitrogens is 2. The number of amides is 1. The number of anilines is 1. The number of carbonyl (C=O) groups excluding carboxylic acids is 1. The summed E-state index contributed by atoms with van der Waals surface area (Å²) in [5.41, 5.74) is 2.82. The van der Waals surface area contributed by atoms with Gasteiger partial charge in [-0.3, -0.25) is 9.78 Å². The first kappa shape index (κ1) is 22.4. The molecule has 1 amide bonds. The number of nitrogens with one attached hydrogen (secondary N) is 2. The number of hydrogen-bond donors (Lipinski definition) is 2. The summed E-state index contributed by atoms with van der Waals surface area (Å²) in [4.78, 5) is 20.6. The van der Waals surface area contributed by atoms with Crippen molar-refractivity contribution in [1.29, 1.82) is 0 Å². The predicted octanol–water partition coefficient (Wildman–Crippen LogP) is 2.98. The third-order valence-electron chi connectivity index (χ3n) is 4.61. The van der Waals surface area contributed by atoms with Crippen LogP contribution in [0.2, 0.25) is 0 Å². The summed E-state index contributed by atoms with van der Waals surface area (Å²) in [5, 5.41) is 2.67. The quantitative estimate of drug-likeness (QED) is 0.529. The standard InChI is InChI=1S/C22H24N4O4S/c1-16-5-6-19(14-17(16)2)31(28,29)25-13-9-21(27)26-22-20(4-3-10-24-22)30-15-18-7-11-23-12-8-18/h3-8,10-12,14,25H,9,13,15H2,1-2H3,(H,24,26,27). The van der Waals surface area contributed by atoms with Gasteiger partial charge in [0.05, 0.1) is 4.90 Å². The van der Waals surface area contributed by atoms with Gasteiger partial charge in [0.1, 0.15) is 6.61 Å². The third-order valence-corrected chi connectivity index (χ3v) is 6.06. The summed E-state index contributed by atoms with van der Waals surface area (Å²) in [5.74, 6) is 0.317. The summed E-state index contributed by atoms with van der Waals surface area (Å²) >= 11 is 0. The fourth-order valence-corrected chi connectivity index (χ4v) is 3.82. The lowest BCUT2D eigenvalue weighted by Crippen LogP contribution is -2.28. The number of rotatable bonds is 9. The normalized spacial score (nSPS) is 11.2. The Morgan fingerprint density at radius 3 is 2.55 bits per heavy atom. The summed E-state index contributed by atoms with van der Waals surface area (Å²) in [6, 6.07) is 12.0. The molecule has 0 aliphatic heterocycles. The van der Waals surface area contributed by atoms with E-state index < -0.39 is 10.0 Å². The summed E-state index contributed by atoms with van der Waals surface area (Å²) in [6.07, 6.45) is 4.83. The van der Waals surface area contributed by atoms with Crippen LogP contribution in [-0.2, 0) is 21.4 Å². The molecule has 31 heavy (non-hydrogen) atoms. The van der Waals surface area contributed by atoms with E-state index in [1.165, 1.54) is 6.20 Å². The summed E-state index contributed by atoms with van der Waals surface area (Å²) in [7, 11) is -3.69. The van der Waals surface area contributed by atoms with E-state index in [2.05, 4.69) is 20.0 Å². The molecular formula is C22H24N4O4S. The Morgan fingerprint density at radius 2 is 1.81 bits per heavy atom. The SMILES string of the molecule is Cc1ccc(S(=O)(=O)NCCC(=O)Nc2ncccc2OCc2ccncc2)cc1C. The maximum absolute atomic E-state index is 12.4. The van der Waals surface area contributed by atoms with Crippen molar-refractivity contribution in [3.63, 3.8) is 0 Å². The summed E-state index contributed by atoms with van der Waals surface area (Å²) < 4.78 is 33.1. The molecule has 3 rings (SSSR count). The maximum Gasteiger partial charge on any atom is 0.240 e. The number of sulfonamides is 1. The molecule has 0 aliphatic rings. The zero-order valence-corrected chi connectivity index (χ0v) is 18.1. The fourth-order valence-electron chi connectivity index (χ4n) is 2.70. The Hall–Kier alpha value is -3.30.